The molecule has 4 rings (SSSR count). The van der Waals surface area contributed by atoms with E-state index in [0.29, 0.717) is 22.6 Å². The summed E-state index contributed by atoms with van der Waals surface area (Å²) in [7, 11) is -3.70. The first-order valence-electron chi connectivity index (χ1n) is 10.7. The van der Waals surface area contributed by atoms with Gasteiger partial charge in [0.15, 0.2) is 0 Å². The second-order valence-corrected chi connectivity index (χ2v) is 10.0. The highest BCUT2D eigenvalue weighted by Gasteiger charge is 2.34. The molecule has 0 radical (unpaired) electrons. The molecule has 3 heterocycles. The van der Waals surface area contributed by atoms with Crippen molar-refractivity contribution in [3.8, 4) is 0 Å². The Bertz CT molecular complexity index is 1180. The fourth-order valence-electron chi connectivity index (χ4n) is 4.17. The van der Waals surface area contributed by atoms with Gasteiger partial charge in [0.2, 0.25) is 21.8 Å². The number of carbonyl (C=O) groups is 3. The minimum Gasteiger partial charge on any atom is -0.340 e. The van der Waals surface area contributed by atoms with E-state index in [9.17, 15) is 22.8 Å². The van der Waals surface area contributed by atoms with E-state index in [4.69, 9.17) is 0 Å². The molecule has 0 bridgehead atoms. The highest BCUT2D eigenvalue weighted by molar-refractivity contribution is 7.89. The molecule has 176 valence electrons. The van der Waals surface area contributed by atoms with Crippen LogP contribution in [0.5, 0.6) is 0 Å². The standard InChI is InChI=1S/C21H26N6O5S/c1-13-19(14(2)25-24-13)33(31,32)27-11-9-26(10-12-27)18(28)8-7-17-21(30)22-16-6-4-3-5-15(16)20(29)23-17/h3-6,17H,7-12H2,1-2H3,(H,22,30)(H,23,29)(H,24,25). The monoisotopic (exact) mass is 474 g/mol. The van der Waals surface area contributed by atoms with Gasteiger partial charge in [0.1, 0.15) is 10.9 Å². The van der Waals surface area contributed by atoms with Crippen LogP contribution in [0.1, 0.15) is 34.6 Å². The lowest BCUT2D eigenvalue weighted by Gasteiger charge is -2.34. The molecule has 11 nitrogen and oxygen atoms in total. The summed E-state index contributed by atoms with van der Waals surface area (Å²) in [6.07, 6.45) is 0.206. The molecule has 1 saturated heterocycles. The van der Waals surface area contributed by atoms with Gasteiger partial charge in [-0.3, -0.25) is 19.5 Å². The minimum atomic E-state index is -3.70. The topological polar surface area (TPSA) is 145 Å². The zero-order valence-corrected chi connectivity index (χ0v) is 19.2. The Hall–Kier alpha value is -3.25. The molecule has 33 heavy (non-hydrogen) atoms. The number of benzene rings is 1. The molecule has 0 aliphatic carbocycles. The summed E-state index contributed by atoms with van der Waals surface area (Å²) in [4.78, 5) is 39.4. The molecule has 2 aromatic rings. The molecular weight excluding hydrogens is 448 g/mol. The number of hydrogen-bond donors (Lipinski definition) is 3. The maximum atomic E-state index is 13.0. The third-order valence-corrected chi connectivity index (χ3v) is 8.11. The van der Waals surface area contributed by atoms with Gasteiger partial charge in [0.25, 0.3) is 5.91 Å². The Morgan fingerprint density at radius 2 is 1.82 bits per heavy atom. The number of carbonyl (C=O) groups excluding carboxylic acids is 3. The van der Waals surface area contributed by atoms with Crippen LogP contribution in [0.4, 0.5) is 5.69 Å². The third kappa shape index (κ3) is 4.48. The van der Waals surface area contributed by atoms with Gasteiger partial charge in [0.05, 0.1) is 22.6 Å². The smallest absolute Gasteiger partial charge is 0.254 e. The summed E-state index contributed by atoms with van der Waals surface area (Å²) in [6, 6.07) is 5.88. The Balaban J connectivity index is 1.33. The number of rotatable bonds is 5. The van der Waals surface area contributed by atoms with Gasteiger partial charge in [-0.15, -0.1) is 0 Å². The number of para-hydroxylation sites is 1. The van der Waals surface area contributed by atoms with Crippen LogP contribution in [-0.4, -0.2) is 77.8 Å². The summed E-state index contributed by atoms with van der Waals surface area (Å²) >= 11 is 0. The van der Waals surface area contributed by atoms with Crippen molar-refractivity contribution in [1.29, 1.82) is 0 Å². The summed E-state index contributed by atoms with van der Waals surface area (Å²) in [6.45, 7) is 4.15. The molecular formula is C21H26N6O5S. The number of amides is 3. The molecule has 2 aliphatic rings. The Labute approximate surface area is 191 Å². The van der Waals surface area contributed by atoms with Gasteiger partial charge in [0, 0.05) is 32.6 Å². The molecule has 1 aromatic carbocycles. The average Bonchev–Trinajstić information content (AvgIpc) is 3.08. The van der Waals surface area contributed by atoms with Crippen molar-refractivity contribution in [3.63, 3.8) is 0 Å². The number of nitrogens with zero attached hydrogens (tertiary/aromatic N) is 3. The molecule has 0 spiro atoms. The van der Waals surface area contributed by atoms with Crippen molar-refractivity contribution in [1.82, 2.24) is 24.7 Å². The zero-order chi connectivity index (χ0) is 23.8. The molecule has 12 heteroatoms. The lowest BCUT2D eigenvalue weighted by atomic mass is 10.1. The third-order valence-electron chi connectivity index (χ3n) is 5.95. The van der Waals surface area contributed by atoms with E-state index in [1.807, 2.05) is 0 Å². The van der Waals surface area contributed by atoms with E-state index >= 15 is 0 Å². The average molecular weight is 475 g/mol. The first-order chi connectivity index (χ1) is 15.7. The predicted molar refractivity (Wildman–Crippen MR) is 119 cm³/mol. The van der Waals surface area contributed by atoms with E-state index in [1.165, 1.54) is 4.31 Å². The number of nitrogens with one attached hydrogen (secondary N) is 3. The van der Waals surface area contributed by atoms with Crippen molar-refractivity contribution in [2.24, 2.45) is 0 Å². The van der Waals surface area contributed by atoms with E-state index in [-0.39, 0.29) is 61.6 Å². The molecule has 3 N–H and O–H groups in total. The van der Waals surface area contributed by atoms with Crippen LogP contribution < -0.4 is 10.6 Å². The number of fused-ring (bicyclic) bond motifs is 1. The second-order valence-electron chi connectivity index (χ2n) is 8.15. The first kappa shape index (κ1) is 22.9. The van der Waals surface area contributed by atoms with Crippen LogP contribution in [-0.2, 0) is 19.6 Å². The first-order valence-corrected chi connectivity index (χ1v) is 12.1. The van der Waals surface area contributed by atoms with Gasteiger partial charge < -0.3 is 15.5 Å². The van der Waals surface area contributed by atoms with Crippen molar-refractivity contribution in [2.75, 3.05) is 31.5 Å². The number of aromatic amines is 1. The Kier molecular flexibility index (Phi) is 6.21. The van der Waals surface area contributed by atoms with Crippen molar-refractivity contribution in [2.45, 2.75) is 37.6 Å². The summed E-state index contributed by atoms with van der Waals surface area (Å²) in [5.74, 6) is -0.931. The highest BCUT2D eigenvalue weighted by atomic mass is 32.2. The zero-order valence-electron chi connectivity index (χ0n) is 18.4. The number of sulfonamides is 1. The number of anilines is 1. The van der Waals surface area contributed by atoms with Gasteiger partial charge >= 0.3 is 0 Å². The van der Waals surface area contributed by atoms with Gasteiger partial charge in [-0.2, -0.15) is 9.40 Å². The fourth-order valence-corrected chi connectivity index (χ4v) is 5.92. The molecule has 1 aromatic heterocycles. The largest absolute Gasteiger partial charge is 0.340 e. The van der Waals surface area contributed by atoms with Crippen molar-refractivity contribution >= 4 is 33.4 Å². The van der Waals surface area contributed by atoms with Gasteiger partial charge in [-0.25, -0.2) is 8.42 Å². The van der Waals surface area contributed by atoms with Crippen LogP contribution in [0.15, 0.2) is 29.2 Å². The Morgan fingerprint density at radius 1 is 1.12 bits per heavy atom. The van der Waals surface area contributed by atoms with Gasteiger partial charge in [-0.05, 0) is 32.4 Å². The Morgan fingerprint density at radius 3 is 2.48 bits per heavy atom. The van der Waals surface area contributed by atoms with Crippen LogP contribution in [0.25, 0.3) is 0 Å². The molecule has 1 fully saturated rings. The number of H-pyrrole nitrogens is 1. The number of aromatic nitrogens is 2. The molecule has 2 aliphatic heterocycles. The predicted octanol–water partition coefficient (Wildman–Crippen LogP) is 0.390. The van der Waals surface area contributed by atoms with Gasteiger partial charge in [-0.1, -0.05) is 12.1 Å². The summed E-state index contributed by atoms with van der Waals surface area (Å²) < 4.78 is 27.3. The molecule has 1 unspecified atom stereocenters. The lowest BCUT2D eigenvalue weighted by molar-refractivity contribution is -0.132. The number of piperazine rings is 1. The maximum Gasteiger partial charge on any atom is 0.254 e. The normalized spacial score (nSPS) is 19.5. The SMILES string of the molecule is Cc1n[nH]c(C)c1S(=O)(=O)N1CCN(C(=O)CCC2NC(=O)c3ccccc3NC2=O)CC1. The summed E-state index contributed by atoms with van der Waals surface area (Å²) in [5.41, 5.74) is 1.71. The minimum absolute atomic E-state index is 0.0570. The van der Waals surface area contributed by atoms with Crippen LogP contribution in [0.3, 0.4) is 0 Å². The molecule has 1 atom stereocenters. The quantitative estimate of drug-likeness (QED) is 0.572. The summed E-state index contributed by atoms with van der Waals surface area (Å²) in [5, 5.41) is 12.1. The van der Waals surface area contributed by atoms with Crippen LogP contribution in [0, 0.1) is 13.8 Å². The van der Waals surface area contributed by atoms with Crippen LogP contribution >= 0.6 is 0 Å². The van der Waals surface area contributed by atoms with Crippen molar-refractivity contribution < 1.29 is 22.8 Å². The number of aryl methyl sites for hydroxylation is 2. The number of hydrogen-bond acceptors (Lipinski definition) is 6. The van der Waals surface area contributed by atoms with E-state index in [1.54, 1.807) is 43.0 Å². The highest BCUT2D eigenvalue weighted by Crippen LogP contribution is 2.23. The van der Waals surface area contributed by atoms with Crippen LogP contribution in [0.2, 0.25) is 0 Å². The van der Waals surface area contributed by atoms with E-state index in [0.717, 1.165) is 0 Å². The fraction of sp³-hybridized carbons (Fsp3) is 0.429. The van der Waals surface area contributed by atoms with Crippen molar-refractivity contribution in [3.05, 3.63) is 41.2 Å². The molecule has 3 amide bonds. The second kappa shape index (κ2) is 8.94. The van der Waals surface area contributed by atoms with E-state index < -0.39 is 16.1 Å². The lowest BCUT2D eigenvalue weighted by Crippen LogP contribution is -2.51. The van der Waals surface area contributed by atoms with E-state index in [2.05, 4.69) is 20.8 Å². The molecule has 0 saturated carbocycles. The maximum absolute atomic E-state index is 13.0.